The molecular formula is C25H24N2O3. The van der Waals surface area contributed by atoms with Gasteiger partial charge in [-0.3, -0.25) is 9.59 Å². The molecule has 0 bridgehead atoms. The molecule has 0 saturated carbocycles. The maximum atomic E-state index is 13.3. The van der Waals surface area contributed by atoms with Gasteiger partial charge in [0.2, 0.25) is 5.91 Å². The van der Waals surface area contributed by atoms with E-state index >= 15 is 0 Å². The third-order valence-electron chi connectivity index (χ3n) is 5.46. The van der Waals surface area contributed by atoms with E-state index in [0.29, 0.717) is 24.3 Å². The molecule has 0 N–H and O–H groups in total. The standard InChI is InChI=1S/C25H24N2O3/c1-18(28)27(20-10-4-3-5-11-20)24-15-16-26(23-14-7-6-13-22(23)24)25(29)19-9-8-12-21(17-19)30-2/h3-14,17,24H,15-16H2,1-2H3. The summed E-state index contributed by atoms with van der Waals surface area (Å²) in [6, 6.07) is 24.6. The number of hydrogen-bond donors (Lipinski definition) is 0. The average molecular weight is 400 g/mol. The van der Waals surface area contributed by atoms with Crippen LogP contribution in [0.15, 0.2) is 78.9 Å². The van der Waals surface area contributed by atoms with Crippen molar-refractivity contribution in [3.8, 4) is 5.75 Å². The van der Waals surface area contributed by atoms with E-state index in [1.807, 2.05) is 71.6 Å². The van der Waals surface area contributed by atoms with Gasteiger partial charge in [-0.1, -0.05) is 42.5 Å². The minimum atomic E-state index is -0.129. The fourth-order valence-corrected chi connectivity index (χ4v) is 4.10. The van der Waals surface area contributed by atoms with E-state index in [0.717, 1.165) is 16.9 Å². The number of carbonyl (C=O) groups is 2. The number of hydrogen-bond acceptors (Lipinski definition) is 3. The summed E-state index contributed by atoms with van der Waals surface area (Å²) in [4.78, 5) is 29.5. The molecule has 0 fully saturated rings. The lowest BCUT2D eigenvalue weighted by Crippen LogP contribution is -2.42. The van der Waals surface area contributed by atoms with Gasteiger partial charge in [0.15, 0.2) is 0 Å². The summed E-state index contributed by atoms with van der Waals surface area (Å²) in [5.74, 6) is 0.554. The Balaban J connectivity index is 1.72. The molecule has 1 aliphatic heterocycles. The average Bonchev–Trinajstić information content (AvgIpc) is 2.79. The van der Waals surface area contributed by atoms with Crippen molar-refractivity contribution in [3.05, 3.63) is 90.0 Å². The molecule has 0 saturated heterocycles. The molecule has 1 unspecified atom stereocenters. The summed E-state index contributed by atoms with van der Waals surface area (Å²) < 4.78 is 5.27. The number of para-hydroxylation sites is 2. The van der Waals surface area contributed by atoms with Gasteiger partial charge < -0.3 is 14.5 Å². The Kier molecular flexibility index (Phi) is 5.53. The van der Waals surface area contributed by atoms with Gasteiger partial charge in [0.25, 0.3) is 5.91 Å². The lowest BCUT2D eigenvalue weighted by atomic mass is 9.93. The molecule has 3 aromatic rings. The van der Waals surface area contributed by atoms with Crippen molar-refractivity contribution >= 4 is 23.2 Å². The maximum absolute atomic E-state index is 13.3. The summed E-state index contributed by atoms with van der Waals surface area (Å²) >= 11 is 0. The number of anilines is 2. The highest BCUT2D eigenvalue weighted by molar-refractivity contribution is 6.07. The molecule has 0 radical (unpaired) electrons. The Bertz CT molecular complexity index is 1060. The van der Waals surface area contributed by atoms with Gasteiger partial charge >= 0.3 is 0 Å². The van der Waals surface area contributed by atoms with E-state index in [1.165, 1.54) is 0 Å². The second-order valence-corrected chi connectivity index (χ2v) is 7.28. The van der Waals surface area contributed by atoms with Crippen molar-refractivity contribution in [3.63, 3.8) is 0 Å². The normalized spacial score (nSPS) is 15.3. The van der Waals surface area contributed by atoms with Crippen LogP contribution in [0.1, 0.15) is 35.3 Å². The topological polar surface area (TPSA) is 49.9 Å². The van der Waals surface area contributed by atoms with Crippen molar-refractivity contribution in [2.75, 3.05) is 23.5 Å². The summed E-state index contributed by atoms with van der Waals surface area (Å²) in [6.07, 6.45) is 0.654. The lowest BCUT2D eigenvalue weighted by molar-refractivity contribution is -0.117. The van der Waals surface area contributed by atoms with Gasteiger partial charge in [-0.25, -0.2) is 0 Å². The zero-order chi connectivity index (χ0) is 21.1. The Morgan fingerprint density at radius 3 is 2.43 bits per heavy atom. The number of rotatable bonds is 4. The van der Waals surface area contributed by atoms with Crippen LogP contribution in [0.2, 0.25) is 0 Å². The van der Waals surface area contributed by atoms with Gasteiger partial charge in [0.1, 0.15) is 5.75 Å². The van der Waals surface area contributed by atoms with Crippen molar-refractivity contribution in [1.82, 2.24) is 0 Å². The van der Waals surface area contributed by atoms with Crippen LogP contribution in [0.25, 0.3) is 0 Å². The largest absolute Gasteiger partial charge is 0.497 e. The lowest BCUT2D eigenvalue weighted by Gasteiger charge is -2.39. The first-order valence-electron chi connectivity index (χ1n) is 10.00. The first-order chi connectivity index (χ1) is 14.6. The molecule has 1 aliphatic rings. The first-order valence-corrected chi connectivity index (χ1v) is 10.00. The van der Waals surface area contributed by atoms with Crippen molar-refractivity contribution in [2.24, 2.45) is 0 Å². The SMILES string of the molecule is COc1cccc(C(=O)N2CCC(N(C(C)=O)c3ccccc3)c3ccccc32)c1. The highest BCUT2D eigenvalue weighted by Gasteiger charge is 2.34. The molecule has 0 aromatic heterocycles. The minimum Gasteiger partial charge on any atom is -0.497 e. The molecule has 1 heterocycles. The molecule has 5 heteroatoms. The highest BCUT2D eigenvalue weighted by atomic mass is 16.5. The number of ether oxygens (including phenoxy) is 1. The predicted molar refractivity (Wildman–Crippen MR) is 118 cm³/mol. The Labute approximate surface area is 176 Å². The zero-order valence-corrected chi connectivity index (χ0v) is 17.1. The summed E-state index contributed by atoms with van der Waals surface area (Å²) in [7, 11) is 1.59. The second kappa shape index (κ2) is 8.41. The van der Waals surface area contributed by atoms with Crippen LogP contribution in [-0.4, -0.2) is 25.5 Å². The van der Waals surface area contributed by atoms with E-state index in [1.54, 1.807) is 31.1 Å². The van der Waals surface area contributed by atoms with Crippen LogP contribution < -0.4 is 14.5 Å². The number of benzene rings is 3. The van der Waals surface area contributed by atoms with Crippen LogP contribution in [0, 0.1) is 0 Å². The van der Waals surface area contributed by atoms with E-state index < -0.39 is 0 Å². The summed E-state index contributed by atoms with van der Waals surface area (Å²) in [6.45, 7) is 2.11. The monoisotopic (exact) mass is 400 g/mol. The van der Waals surface area contributed by atoms with Gasteiger partial charge in [0.05, 0.1) is 13.2 Å². The van der Waals surface area contributed by atoms with E-state index in [4.69, 9.17) is 4.74 Å². The molecule has 4 rings (SSSR count). The fourth-order valence-electron chi connectivity index (χ4n) is 4.10. The Morgan fingerprint density at radius 1 is 0.967 bits per heavy atom. The van der Waals surface area contributed by atoms with Crippen molar-refractivity contribution in [2.45, 2.75) is 19.4 Å². The molecule has 30 heavy (non-hydrogen) atoms. The predicted octanol–water partition coefficient (Wildman–Crippen LogP) is 4.84. The Hall–Kier alpha value is -3.60. The van der Waals surface area contributed by atoms with Crippen LogP contribution in [0.5, 0.6) is 5.75 Å². The van der Waals surface area contributed by atoms with Crippen LogP contribution in [0.3, 0.4) is 0 Å². The summed E-state index contributed by atoms with van der Waals surface area (Å²) in [5, 5.41) is 0. The molecule has 0 aliphatic carbocycles. The van der Waals surface area contributed by atoms with Gasteiger partial charge in [0, 0.05) is 30.4 Å². The molecule has 1 atom stereocenters. The van der Waals surface area contributed by atoms with Gasteiger partial charge in [-0.2, -0.15) is 0 Å². The van der Waals surface area contributed by atoms with E-state index in [2.05, 4.69) is 0 Å². The molecular weight excluding hydrogens is 376 g/mol. The number of methoxy groups -OCH3 is 1. The molecule has 152 valence electrons. The van der Waals surface area contributed by atoms with E-state index in [9.17, 15) is 9.59 Å². The van der Waals surface area contributed by atoms with Crippen LogP contribution in [-0.2, 0) is 4.79 Å². The minimum absolute atomic E-state index is 0.0198. The van der Waals surface area contributed by atoms with Gasteiger partial charge in [-0.15, -0.1) is 0 Å². The third-order valence-corrected chi connectivity index (χ3v) is 5.46. The number of carbonyl (C=O) groups excluding carboxylic acids is 2. The summed E-state index contributed by atoms with van der Waals surface area (Å²) in [5.41, 5.74) is 3.24. The first kappa shape index (κ1) is 19.7. The second-order valence-electron chi connectivity index (χ2n) is 7.28. The molecule has 0 spiro atoms. The van der Waals surface area contributed by atoms with Gasteiger partial charge in [-0.05, 0) is 48.4 Å². The maximum Gasteiger partial charge on any atom is 0.258 e. The van der Waals surface area contributed by atoms with Crippen LogP contribution in [0.4, 0.5) is 11.4 Å². The van der Waals surface area contributed by atoms with Crippen molar-refractivity contribution in [1.29, 1.82) is 0 Å². The Morgan fingerprint density at radius 2 is 1.70 bits per heavy atom. The van der Waals surface area contributed by atoms with E-state index in [-0.39, 0.29) is 17.9 Å². The number of fused-ring (bicyclic) bond motifs is 1. The van der Waals surface area contributed by atoms with Crippen molar-refractivity contribution < 1.29 is 14.3 Å². The molecule has 5 nitrogen and oxygen atoms in total. The number of amides is 2. The smallest absolute Gasteiger partial charge is 0.258 e. The number of nitrogens with zero attached hydrogens (tertiary/aromatic N) is 2. The van der Waals surface area contributed by atoms with Crippen LogP contribution >= 0.6 is 0 Å². The quantitative estimate of drug-likeness (QED) is 0.630. The fraction of sp³-hybridized carbons (Fsp3) is 0.200. The molecule has 2 amide bonds. The zero-order valence-electron chi connectivity index (χ0n) is 17.1. The molecule has 3 aromatic carbocycles. The third kappa shape index (κ3) is 3.66. The highest BCUT2D eigenvalue weighted by Crippen LogP contribution is 2.40.